The summed E-state index contributed by atoms with van der Waals surface area (Å²) in [7, 11) is 0. The molecule has 1 saturated heterocycles. The van der Waals surface area contributed by atoms with Crippen LogP contribution in [0.2, 0.25) is 0 Å². The number of hydrogen-bond donors (Lipinski definition) is 2. The van der Waals surface area contributed by atoms with Crippen LogP contribution in [0.3, 0.4) is 0 Å². The van der Waals surface area contributed by atoms with E-state index in [2.05, 4.69) is 10.6 Å². The van der Waals surface area contributed by atoms with E-state index < -0.39 is 0 Å². The van der Waals surface area contributed by atoms with E-state index in [1.165, 1.54) is 0 Å². The molecule has 1 aliphatic heterocycles. The maximum absolute atomic E-state index is 12.0. The Labute approximate surface area is 95.2 Å². The molecule has 2 fully saturated rings. The Morgan fingerprint density at radius 1 is 1.12 bits per heavy atom. The summed E-state index contributed by atoms with van der Waals surface area (Å²) < 4.78 is 0. The van der Waals surface area contributed by atoms with E-state index in [4.69, 9.17) is 0 Å². The van der Waals surface area contributed by atoms with E-state index in [9.17, 15) is 4.79 Å². The molecule has 1 unspecified atom stereocenters. The second-order valence-electron chi connectivity index (χ2n) is 4.75. The summed E-state index contributed by atoms with van der Waals surface area (Å²) in [6.07, 6.45) is 4.25. The second-order valence-corrected chi connectivity index (χ2v) is 4.75. The first kappa shape index (κ1) is 9.85. The van der Waals surface area contributed by atoms with Gasteiger partial charge in [0.2, 0.25) is 5.91 Å². The molecule has 3 rings (SSSR count). The smallest absolute Gasteiger partial charge is 0.241 e. The Morgan fingerprint density at radius 3 is 2.50 bits per heavy atom. The number of rotatable bonds is 1. The van der Waals surface area contributed by atoms with Crippen LogP contribution in [0, 0.1) is 0 Å². The van der Waals surface area contributed by atoms with Gasteiger partial charge < -0.3 is 5.32 Å². The van der Waals surface area contributed by atoms with Gasteiger partial charge in [0.1, 0.15) is 6.17 Å². The summed E-state index contributed by atoms with van der Waals surface area (Å²) in [5, 5.41) is 6.52. The molecule has 1 amide bonds. The molecule has 0 bridgehead atoms. The molecule has 16 heavy (non-hydrogen) atoms. The first-order valence-corrected chi connectivity index (χ1v) is 5.94. The van der Waals surface area contributed by atoms with Crippen molar-refractivity contribution < 1.29 is 4.79 Å². The molecule has 1 heterocycles. The number of carbonyl (C=O) groups is 1. The van der Waals surface area contributed by atoms with Gasteiger partial charge in [-0.3, -0.25) is 10.1 Å². The predicted octanol–water partition coefficient (Wildman–Crippen LogP) is 1.72. The SMILES string of the molecule is O=C1NC(c2ccccc2)NC12CCCC2. The molecular weight excluding hydrogens is 200 g/mol. The van der Waals surface area contributed by atoms with Gasteiger partial charge in [0.25, 0.3) is 0 Å². The molecule has 1 spiro atoms. The molecule has 84 valence electrons. The monoisotopic (exact) mass is 216 g/mol. The van der Waals surface area contributed by atoms with Gasteiger partial charge in [0.05, 0.1) is 5.54 Å². The first-order valence-electron chi connectivity index (χ1n) is 5.94. The van der Waals surface area contributed by atoms with Gasteiger partial charge in [-0.1, -0.05) is 43.2 Å². The van der Waals surface area contributed by atoms with Crippen molar-refractivity contribution in [2.75, 3.05) is 0 Å². The zero-order chi connectivity index (χ0) is 11.0. The number of benzene rings is 1. The fraction of sp³-hybridized carbons (Fsp3) is 0.462. The van der Waals surface area contributed by atoms with E-state index in [-0.39, 0.29) is 17.6 Å². The lowest BCUT2D eigenvalue weighted by Gasteiger charge is -2.20. The van der Waals surface area contributed by atoms with E-state index in [1.807, 2.05) is 30.3 Å². The Hall–Kier alpha value is -1.35. The Morgan fingerprint density at radius 2 is 1.81 bits per heavy atom. The van der Waals surface area contributed by atoms with Crippen LogP contribution in [0.1, 0.15) is 37.4 Å². The highest BCUT2D eigenvalue weighted by Crippen LogP contribution is 2.35. The van der Waals surface area contributed by atoms with Gasteiger partial charge in [-0.25, -0.2) is 0 Å². The van der Waals surface area contributed by atoms with E-state index in [0.29, 0.717) is 0 Å². The van der Waals surface area contributed by atoms with Crippen LogP contribution in [0.15, 0.2) is 30.3 Å². The number of carbonyl (C=O) groups excluding carboxylic acids is 1. The van der Waals surface area contributed by atoms with Crippen molar-refractivity contribution in [2.45, 2.75) is 37.4 Å². The van der Waals surface area contributed by atoms with Crippen LogP contribution >= 0.6 is 0 Å². The van der Waals surface area contributed by atoms with Crippen LogP contribution in [0.5, 0.6) is 0 Å². The molecule has 0 radical (unpaired) electrons. The number of hydrogen-bond acceptors (Lipinski definition) is 2. The maximum atomic E-state index is 12.0. The van der Waals surface area contributed by atoms with E-state index in [1.54, 1.807) is 0 Å². The van der Waals surface area contributed by atoms with Crippen molar-refractivity contribution in [3.05, 3.63) is 35.9 Å². The van der Waals surface area contributed by atoms with Gasteiger partial charge in [-0.05, 0) is 18.4 Å². The molecular formula is C13H16N2O. The standard InChI is InChI=1S/C13H16N2O/c16-12-13(8-4-5-9-13)15-11(14-12)10-6-2-1-3-7-10/h1-3,6-7,11,15H,4-5,8-9H2,(H,14,16). The summed E-state index contributed by atoms with van der Waals surface area (Å²) in [4.78, 5) is 12.0. The van der Waals surface area contributed by atoms with Gasteiger partial charge >= 0.3 is 0 Å². The Balaban J connectivity index is 1.84. The van der Waals surface area contributed by atoms with Crippen molar-refractivity contribution in [2.24, 2.45) is 0 Å². The van der Waals surface area contributed by atoms with Crippen molar-refractivity contribution >= 4 is 5.91 Å². The summed E-state index contributed by atoms with van der Waals surface area (Å²) >= 11 is 0. The first-order chi connectivity index (χ1) is 7.80. The molecule has 1 aliphatic carbocycles. The minimum Gasteiger partial charge on any atom is -0.335 e. The van der Waals surface area contributed by atoms with Crippen LogP contribution in [-0.4, -0.2) is 11.4 Å². The zero-order valence-electron chi connectivity index (χ0n) is 9.20. The average Bonchev–Trinajstić information content (AvgIpc) is 2.91. The van der Waals surface area contributed by atoms with Gasteiger partial charge in [0, 0.05) is 0 Å². The van der Waals surface area contributed by atoms with Crippen molar-refractivity contribution in [3.63, 3.8) is 0 Å². The van der Waals surface area contributed by atoms with Crippen LogP contribution < -0.4 is 10.6 Å². The molecule has 1 saturated carbocycles. The highest BCUT2D eigenvalue weighted by Gasteiger charge is 2.47. The molecule has 0 aromatic heterocycles. The van der Waals surface area contributed by atoms with Crippen LogP contribution in [0.4, 0.5) is 0 Å². The molecule has 1 aromatic carbocycles. The summed E-state index contributed by atoms with van der Waals surface area (Å²) in [5.41, 5.74) is 0.861. The normalized spacial score (nSPS) is 27.2. The molecule has 2 N–H and O–H groups in total. The third-order valence-corrected chi connectivity index (χ3v) is 3.72. The topological polar surface area (TPSA) is 41.1 Å². The van der Waals surface area contributed by atoms with Gasteiger partial charge in [-0.2, -0.15) is 0 Å². The maximum Gasteiger partial charge on any atom is 0.241 e. The highest BCUT2D eigenvalue weighted by atomic mass is 16.2. The quantitative estimate of drug-likeness (QED) is 0.750. The van der Waals surface area contributed by atoms with Crippen LogP contribution in [0.25, 0.3) is 0 Å². The molecule has 1 atom stereocenters. The van der Waals surface area contributed by atoms with Crippen molar-refractivity contribution in [1.29, 1.82) is 0 Å². The average molecular weight is 216 g/mol. The lowest BCUT2D eigenvalue weighted by molar-refractivity contribution is -0.124. The molecule has 3 heteroatoms. The number of amides is 1. The molecule has 1 aromatic rings. The minimum atomic E-state index is -0.277. The van der Waals surface area contributed by atoms with E-state index in [0.717, 1.165) is 31.2 Å². The Bertz CT molecular complexity index is 396. The second kappa shape index (κ2) is 3.59. The lowest BCUT2D eigenvalue weighted by Crippen LogP contribution is -2.43. The Kier molecular flexibility index (Phi) is 2.21. The van der Waals surface area contributed by atoms with Crippen molar-refractivity contribution in [1.82, 2.24) is 10.6 Å². The third-order valence-electron chi connectivity index (χ3n) is 3.72. The van der Waals surface area contributed by atoms with Gasteiger partial charge in [0.15, 0.2) is 0 Å². The van der Waals surface area contributed by atoms with Gasteiger partial charge in [-0.15, -0.1) is 0 Å². The third kappa shape index (κ3) is 1.43. The lowest BCUT2D eigenvalue weighted by atomic mass is 9.98. The molecule has 2 aliphatic rings. The zero-order valence-corrected chi connectivity index (χ0v) is 9.20. The summed E-state index contributed by atoms with van der Waals surface area (Å²) in [6, 6.07) is 10.1. The van der Waals surface area contributed by atoms with Crippen LogP contribution in [-0.2, 0) is 4.79 Å². The minimum absolute atomic E-state index is 0.00759. The predicted molar refractivity (Wildman–Crippen MR) is 61.7 cm³/mol. The van der Waals surface area contributed by atoms with E-state index >= 15 is 0 Å². The highest BCUT2D eigenvalue weighted by molar-refractivity contribution is 5.89. The summed E-state index contributed by atoms with van der Waals surface area (Å²) in [5.74, 6) is 0.179. The summed E-state index contributed by atoms with van der Waals surface area (Å²) in [6.45, 7) is 0. The fourth-order valence-corrected chi connectivity index (χ4v) is 2.81. The number of nitrogens with one attached hydrogen (secondary N) is 2. The molecule has 3 nitrogen and oxygen atoms in total. The van der Waals surface area contributed by atoms with Crippen molar-refractivity contribution in [3.8, 4) is 0 Å². The largest absolute Gasteiger partial charge is 0.335 e. The fourth-order valence-electron chi connectivity index (χ4n) is 2.81.